The molecule has 0 heterocycles. The van der Waals surface area contributed by atoms with Crippen LogP contribution in [-0.4, -0.2) is 65.0 Å². The predicted molar refractivity (Wildman–Crippen MR) is 155 cm³/mol. The van der Waals surface area contributed by atoms with Gasteiger partial charge in [0.05, 0.1) is 24.8 Å². The monoisotopic (exact) mass is 567 g/mol. The number of anilines is 1. The van der Waals surface area contributed by atoms with Crippen molar-refractivity contribution in [2.45, 2.75) is 37.6 Å². The number of rotatable bonds is 14. The van der Waals surface area contributed by atoms with Crippen LogP contribution in [0.4, 0.5) is 5.69 Å². The van der Waals surface area contributed by atoms with E-state index in [1.165, 1.54) is 37.3 Å². The first kappa shape index (κ1) is 30.5. The molecular formula is C30H37N3O6S. The maximum atomic E-state index is 14.0. The quantitative estimate of drug-likeness (QED) is 0.317. The van der Waals surface area contributed by atoms with Gasteiger partial charge < -0.3 is 19.7 Å². The number of carbonyl (C=O) groups is 2. The van der Waals surface area contributed by atoms with E-state index in [9.17, 15) is 18.0 Å². The largest absolute Gasteiger partial charge is 0.493 e. The maximum absolute atomic E-state index is 14.0. The molecule has 0 saturated carbocycles. The van der Waals surface area contributed by atoms with Gasteiger partial charge in [-0.2, -0.15) is 0 Å². The number of ether oxygens (including phenoxy) is 2. The minimum atomic E-state index is -4.22. The molecule has 10 heteroatoms. The standard InChI is InChI=1S/C30H37N3O6S/c1-5-19-31-30(35)23(2)32(20-18-24-12-8-6-9-13-24)29(34)22-33(25-14-10-7-11-15-25)40(36,37)26-16-17-27(38-3)28(21-26)39-4/h6-17,21,23H,5,18-20,22H2,1-4H3,(H,31,35)/t23-/m0/s1. The van der Waals surface area contributed by atoms with E-state index < -0.39 is 28.5 Å². The molecule has 3 aromatic rings. The van der Waals surface area contributed by atoms with E-state index in [-0.39, 0.29) is 23.1 Å². The van der Waals surface area contributed by atoms with E-state index in [2.05, 4.69) is 5.32 Å². The number of hydrogen-bond donors (Lipinski definition) is 1. The van der Waals surface area contributed by atoms with Gasteiger partial charge in [-0.25, -0.2) is 8.42 Å². The Balaban J connectivity index is 1.98. The summed E-state index contributed by atoms with van der Waals surface area (Å²) < 4.78 is 39.5. The van der Waals surface area contributed by atoms with Gasteiger partial charge in [-0.3, -0.25) is 13.9 Å². The Hall–Kier alpha value is -4.05. The van der Waals surface area contributed by atoms with Crippen molar-refractivity contribution in [3.8, 4) is 11.5 Å². The van der Waals surface area contributed by atoms with E-state index in [0.29, 0.717) is 24.4 Å². The Morgan fingerprint density at radius 1 is 0.900 bits per heavy atom. The van der Waals surface area contributed by atoms with Gasteiger partial charge in [0.1, 0.15) is 12.6 Å². The average Bonchev–Trinajstić information content (AvgIpc) is 2.98. The van der Waals surface area contributed by atoms with Gasteiger partial charge in [-0.05, 0) is 49.6 Å². The van der Waals surface area contributed by atoms with Crippen LogP contribution in [0.5, 0.6) is 11.5 Å². The van der Waals surface area contributed by atoms with Gasteiger partial charge in [0.25, 0.3) is 10.0 Å². The van der Waals surface area contributed by atoms with E-state index in [1.54, 1.807) is 37.3 Å². The van der Waals surface area contributed by atoms with Crippen molar-refractivity contribution in [3.63, 3.8) is 0 Å². The topological polar surface area (TPSA) is 105 Å². The summed E-state index contributed by atoms with van der Waals surface area (Å²) in [6.07, 6.45) is 1.26. The second-order valence-electron chi connectivity index (χ2n) is 9.15. The molecule has 214 valence electrons. The number of para-hydroxylation sites is 1. The third-order valence-corrected chi connectivity index (χ3v) is 8.24. The van der Waals surface area contributed by atoms with Crippen LogP contribution in [0.25, 0.3) is 0 Å². The van der Waals surface area contributed by atoms with Crippen LogP contribution in [0.3, 0.4) is 0 Å². The number of benzene rings is 3. The van der Waals surface area contributed by atoms with Crippen LogP contribution in [-0.2, 0) is 26.0 Å². The number of sulfonamides is 1. The molecule has 3 aromatic carbocycles. The Bertz CT molecular complexity index is 1370. The van der Waals surface area contributed by atoms with E-state index in [0.717, 1.165) is 16.3 Å². The average molecular weight is 568 g/mol. The third kappa shape index (κ3) is 7.53. The number of amides is 2. The lowest BCUT2D eigenvalue weighted by Gasteiger charge is -2.32. The van der Waals surface area contributed by atoms with Crippen molar-refractivity contribution in [2.75, 3.05) is 38.2 Å². The van der Waals surface area contributed by atoms with Crippen LogP contribution >= 0.6 is 0 Å². The lowest BCUT2D eigenvalue weighted by atomic mass is 10.1. The van der Waals surface area contributed by atoms with Crippen LogP contribution < -0.4 is 19.1 Å². The zero-order chi connectivity index (χ0) is 29.1. The van der Waals surface area contributed by atoms with Gasteiger partial charge in [0, 0.05) is 19.2 Å². The number of hydrogen-bond acceptors (Lipinski definition) is 6. The highest BCUT2D eigenvalue weighted by Crippen LogP contribution is 2.32. The summed E-state index contributed by atoms with van der Waals surface area (Å²) in [5.41, 5.74) is 1.32. The normalized spacial score (nSPS) is 11.8. The molecule has 0 aliphatic heterocycles. The highest BCUT2D eigenvalue weighted by molar-refractivity contribution is 7.92. The molecule has 0 bridgehead atoms. The molecule has 0 aliphatic rings. The minimum Gasteiger partial charge on any atom is -0.493 e. The van der Waals surface area contributed by atoms with E-state index in [1.807, 2.05) is 37.3 Å². The lowest BCUT2D eigenvalue weighted by Crippen LogP contribution is -2.52. The molecule has 0 spiro atoms. The summed E-state index contributed by atoms with van der Waals surface area (Å²) in [6.45, 7) is 3.82. The SMILES string of the molecule is CCCNC(=O)[C@H](C)N(CCc1ccccc1)C(=O)CN(c1ccccc1)S(=O)(=O)c1ccc(OC)c(OC)c1. The molecule has 40 heavy (non-hydrogen) atoms. The molecule has 1 N–H and O–H groups in total. The van der Waals surface area contributed by atoms with Gasteiger partial charge in [0.2, 0.25) is 11.8 Å². The second-order valence-corrected chi connectivity index (χ2v) is 11.0. The van der Waals surface area contributed by atoms with Gasteiger partial charge in [0.15, 0.2) is 11.5 Å². The lowest BCUT2D eigenvalue weighted by molar-refractivity contribution is -0.138. The van der Waals surface area contributed by atoms with Crippen molar-refractivity contribution < 1.29 is 27.5 Å². The number of carbonyl (C=O) groups excluding carboxylic acids is 2. The van der Waals surface area contributed by atoms with Crippen LogP contribution in [0.1, 0.15) is 25.8 Å². The van der Waals surface area contributed by atoms with Gasteiger partial charge in [-0.15, -0.1) is 0 Å². The van der Waals surface area contributed by atoms with E-state index >= 15 is 0 Å². The molecule has 2 amide bonds. The summed E-state index contributed by atoms with van der Waals surface area (Å²) in [5.74, 6) is -0.170. The zero-order valence-electron chi connectivity index (χ0n) is 23.4. The second kappa shape index (κ2) is 14.4. The molecular weight excluding hydrogens is 530 g/mol. The predicted octanol–water partition coefficient (Wildman–Crippen LogP) is 3.89. The molecule has 0 radical (unpaired) electrons. The fraction of sp³-hybridized carbons (Fsp3) is 0.333. The molecule has 0 fully saturated rings. The summed E-state index contributed by atoms with van der Waals surface area (Å²) in [4.78, 5) is 28.1. The molecule has 1 atom stereocenters. The summed E-state index contributed by atoms with van der Waals surface area (Å²) in [5, 5.41) is 2.84. The molecule has 0 saturated heterocycles. The number of methoxy groups -OCH3 is 2. The van der Waals surface area contributed by atoms with Crippen molar-refractivity contribution >= 4 is 27.5 Å². The Morgan fingerprint density at radius 2 is 1.52 bits per heavy atom. The van der Waals surface area contributed by atoms with Crippen LogP contribution in [0, 0.1) is 0 Å². The van der Waals surface area contributed by atoms with Crippen molar-refractivity contribution in [2.24, 2.45) is 0 Å². The first-order chi connectivity index (χ1) is 19.2. The molecule has 0 aromatic heterocycles. The molecule has 0 unspecified atom stereocenters. The Morgan fingerprint density at radius 3 is 2.12 bits per heavy atom. The van der Waals surface area contributed by atoms with Crippen LogP contribution in [0.2, 0.25) is 0 Å². The van der Waals surface area contributed by atoms with Crippen molar-refractivity contribution in [1.29, 1.82) is 0 Å². The van der Waals surface area contributed by atoms with Crippen molar-refractivity contribution in [3.05, 3.63) is 84.4 Å². The van der Waals surface area contributed by atoms with Gasteiger partial charge >= 0.3 is 0 Å². The van der Waals surface area contributed by atoms with E-state index in [4.69, 9.17) is 9.47 Å². The smallest absolute Gasteiger partial charge is 0.264 e. The number of nitrogens with zero attached hydrogens (tertiary/aromatic N) is 2. The summed E-state index contributed by atoms with van der Waals surface area (Å²) in [6, 6.07) is 21.5. The fourth-order valence-electron chi connectivity index (χ4n) is 4.19. The first-order valence-corrected chi connectivity index (χ1v) is 14.6. The minimum absolute atomic E-state index is 0.0635. The van der Waals surface area contributed by atoms with Crippen LogP contribution in [0.15, 0.2) is 83.8 Å². The highest BCUT2D eigenvalue weighted by Gasteiger charge is 2.32. The zero-order valence-corrected chi connectivity index (χ0v) is 24.2. The fourth-order valence-corrected chi connectivity index (χ4v) is 5.62. The summed E-state index contributed by atoms with van der Waals surface area (Å²) >= 11 is 0. The molecule has 9 nitrogen and oxygen atoms in total. The maximum Gasteiger partial charge on any atom is 0.264 e. The molecule has 0 aliphatic carbocycles. The Labute approximate surface area is 236 Å². The summed E-state index contributed by atoms with van der Waals surface area (Å²) in [7, 11) is -1.34. The molecule has 3 rings (SSSR count). The number of nitrogens with one attached hydrogen (secondary N) is 1. The third-order valence-electron chi connectivity index (χ3n) is 6.47. The first-order valence-electron chi connectivity index (χ1n) is 13.1. The highest BCUT2D eigenvalue weighted by atomic mass is 32.2. The Kier molecular flexibility index (Phi) is 11.0. The van der Waals surface area contributed by atoms with Gasteiger partial charge in [-0.1, -0.05) is 55.5 Å². The van der Waals surface area contributed by atoms with Crippen molar-refractivity contribution in [1.82, 2.24) is 10.2 Å².